The molecule has 0 saturated heterocycles. The van der Waals surface area contributed by atoms with Crippen LogP contribution in [0.4, 0.5) is 0 Å². The summed E-state index contributed by atoms with van der Waals surface area (Å²) in [5.74, 6) is 7.29. The molecule has 3 saturated carbocycles. The summed E-state index contributed by atoms with van der Waals surface area (Å²) in [5.41, 5.74) is 2.23. The minimum Gasteiger partial charge on any atom is -0.393 e. The second-order valence-corrected chi connectivity index (χ2v) is 12.7. The van der Waals surface area contributed by atoms with E-state index in [2.05, 4.69) is 40.7 Å². The fourth-order valence-electron chi connectivity index (χ4n) is 9.00. The number of hydrogen-bond acceptors (Lipinski definition) is 1. The van der Waals surface area contributed by atoms with E-state index in [1.807, 2.05) is 5.88 Å². The Kier molecular flexibility index (Phi) is 6.74. The maximum atomic E-state index is 10.4. The maximum absolute atomic E-state index is 10.4. The molecule has 1 nitrogen and oxygen atoms in total. The predicted octanol–water partition coefficient (Wildman–Crippen LogP) is 8.02. The van der Waals surface area contributed by atoms with Crippen LogP contribution in [0.2, 0.25) is 0 Å². The highest BCUT2D eigenvalue weighted by atomic mass is 35.5. The zero-order chi connectivity index (χ0) is 21.7. The van der Waals surface area contributed by atoms with Gasteiger partial charge in [-0.3, -0.25) is 0 Å². The highest BCUT2D eigenvalue weighted by Crippen LogP contribution is 2.68. The number of fused-ring (bicyclic) bond motifs is 5. The molecule has 0 bridgehead atoms. The van der Waals surface area contributed by atoms with Crippen LogP contribution in [0.3, 0.4) is 0 Å². The van der Waals surface area contributed by atoms with Crippen molar-refractivity contribution in [1.29, 1.82) is 0 Å². The van der Waals surface area contributed by atoms with Crippen molar-refractivity contribution in [1.82, 2.24) is 0 Å². The van der Waals surface area contributed by atoms with Crippen molar-refractivity contribution >= 4 is 11.6 Å². The second-order valence-electron chi connectivity index (χ2n) is 12.5. The van der Waals surface area contributed by atoms with Crippen LogP contribution in [0.25, 0.3) is 0 Å². The van der Waals surface area contributed by atoms with E-state index in [1.54, 1.807) is 0 Å². The Labute approximate surface area is 191 Å². The molecule has 4 aliphatic carbocycles. The molecular weight excluding hydrogens is 388 g/mol. The monoisotopic (exact) mass is 433 g/mol. The van der Waals surface area contributed by atoms with E-state index in [0.29, 0.717) is 11.3 Å². The van der Waals surface area contributed by atoms with E-state index < -0.39 is 0 Å². The third-order valence-electron chi connectivity index (χ3n) is 10.6. The van der Waals surface area contributed by atoms with Gasteiger partial charge in [0.15, 0.2) is 0 Å². The number of halogens is 1. The van der Waals surface area contributed by atoms with E-state index in [1.165, 1.54) is 56.9 Å². The first-order chi connectivity index (χ1) is 14.2. The largest absolute Gasteiger partial charge is 0.393 e. The number of allylic oxidation sites excluding steroid dienone is 1. The first-order valence-electron chi connectivity index (χ1n) is 13.0. The smallest absolute Gasteiger partial charge is 0.0581 e. The fourth-order valence-corrected chi connectivity index (χ4v) is 9.36. The topological polar surface area (TPSA) is 20.2 Å². The van der Waals surface area contributed by atoms with Gasteiger partial charge in [-0.15, -0.1) is 11.6 Å². The van der Waals surface area contributed by atoms with Crippen LogP contribution in [-0.4, -0.2) is 11.2 Å². The lowest BCUT2D eigenvalue weighted by atomic mass is 9.45. The summed E-state index contributed by atoms with van der Waals surface area (Å²) in [6.45, 7) is 12.4. The van der Waals surface area contributed by atoms with Gasteiger partial charge in [0.25, 0.3) is 0 Å². The Morgan fingerprint density at radius 2 is 1.90 bits per heavy atom. The van der Waals surface area contributed by atoms with E-state index in [-0.39, 0.29) is 11.5 Å². The van der Waals surface area contributed by atoms with Crippen molar-refractivity contribution in [2.75, 3.05) is 0 Å². The van der Waals surface area contributed by atoms with Crippen molar-refractivity contribution in [3.63, 3.8) is 0 Å². The third-order valence-corrected chi connectivity index (χ3v) is 10.9. The molecule has 3 fully saturated rings. The molecule has 0 amide bonds. The summed E-state index contributed by atoms with van der Waals surface area (Å²) >= 11 is 6.40. The lowest BCUT2D eigenvalue weighted by Gasteiger charge is -2.60. The number of aliphatic hydroxyl groups is 1. The molecule has 1 N–H and O–H groups in total. The zero-order valence-electron chi connectivity index (χ0n) is 20.2. The van der Waals surface area contributed by atoms with Crippen LogP contribution >= 0.6 is 11.6 Å². The average molecular weight is 434 g/mol. The highest BCUT2D eigenvalue weighted by Gasteiger charge is 2.60. The van der Waals surface area contributed by atoms with Crippen LogP contribution in [0.15, 0.2) is 11.6 Å². The zero-order valence-corrected chi connectivity index (χ0v) is 20.9. The van der Waals surface area contributed by atoms with Gasteiger partial charge in [-0.2, -0.15) is 0 Å². The summed E-state index contributed by atoms with van der Waals surface area (Å²) in [7, 11) is 0. The van der Waals surface area contributed by atoms with Gasteiger partial charge in [-0.05, 0) is 97.2 Å². The van der Waals surface area contributed by atoms with Gasteiger partial charge in [-0.25, -0.2) is 0 Å². The van der Waals surface area contributed by atoms with Gasteiger partial charge in [-0.1, -0.05) is 65.5 Å². The van der Waals surface area contributed by atoms with Crippen LogP contribution in [0.1, 0.15) is 98.8 Å². The van der Waals surface area contributed by atoms with Crippen molar-refractivity contribution in [2.45, 2.75) is 105 Å². The number of rotatable bonds is 6. The molecule has 9 atom stereocenters. The van der Waals surface area contributed by atoms with Gasteiger partial charge in [0.05, 0.1) is 12.0 Å². The van der Waals surface area contributed by atoms with Crippen LogP contribution < -0.4 is 0 Å². The van der Waals surface area contributed by atoms with Gasteiger partial charge in [0, 0.05) is 0 Å². The van der Waals surface area contributed by atoms with Crippen molar-refractivity contribution in [3.8, 4) is 0 Å². The molecule has 0 aromatic carbocycles. The predicted molar refractivity (Wildman–Crippen MR) is 128 cm³/mol. The molecule has 0 aromatic heterocycles. The summed E-state index contributed by atoms with van der Waals surface area (Å²) in [6, 6.07) is 0. The Bertz CT molecular complexity index is 641. The molecule has 0 heterocycles. The average Bonchev–Trinajstić information content (AvgIpc) is 3.05. The van der Waals surface area contributed by atoms with E-state index >= 15 is 0 Å². The van der Waals surface area contributed by atoms with Crippen LogP contribution in [0.5, 0.6) is 0 Å². The van der Waals surface area contributed by atoms with Crippen molar-refractivity contribution in [3.05, 3.63) is 17.5 Å². The molecule has 0 aromatic rings. The van der Waals surface area contributed by atoms with E-state index in [9.17, 15) is 5.11 Å². The lowest BCUT2D eigenvalue weighted by molar-refractivity contribution is -0.0719. The van der Waals surface area contributed by atoms with Gasteiger partial charge < -0.3 is 5.11 Å². The molecule has 30 heavy (non-hydrogen) atoms. The summed E-state index contributed by atoms with van der Waals surface area (Å²) < 4.78 is 0. The SMILES string of the molecule is CC(C)CCC[C@@H](C)[C@H]1CC[C@H]2[C@@H]3CC=C4C[C@@H](O)CC([CH]Cl)[C@]4(C)[C@H]3CC[C@]12C. The maximum Gasteiger partial charge on any atom is 0.0581 e. The quantitative estimate of drug-likeness (QED) is 0.420. The molecule has 4 aliphatic rings. The fraction of sp³-hybridized carbons (Fsp3) is 0.893. The second kappa shape index (κ2) is 8.74. The van der Waals surface area contributed by atoms with Gasteiger partial charge in [0.2, 0.25) is 0 Å². The minimum atomic E-state index is -0.211. The summed E-state index contributed by atoms with van der Waals surface area (Å²) in [5, 5.41) is 10.4. The minimum absolute atomic E-state index is 0.173. The molecule has 1 unspecified atom stereocenters. The number of hydrogen-bond donors (Lipinski definition) is 1. The molecule has 2 heteroatoms. The molecule has 0 aliphatic heterocycles. The molecule has 171 valence electrons. The molecule has 0 spiro atoms. The third kappa shape index (κ3) is 3.72. The summed E-state index contributed by atoms with van der Waals surface area (Å²) in [4.78, 5) is 0. The Morgan fingerprint density at radius 3 is 2.60 bits per heavy atom. The highest BCUT2D eigenvalue weighted by molar-refractivity contribution is 6.23. The summed E-state index contributed by atoms with van der Waals surface area (Å²) in [6.07, 6.45) is 15.1. The van der Waals surface area contributed by atoms with Crippen LogP contribution in [0, 0.1) is 58.1 Å². The standard InChI is InChI=1S/C28H46ClO/c1-18(2)7-6-8-19(3)24-11-12-25-23-10-9-20-15-22(30)16-21(17-29)28(20,5)26(23)13-14-27(24,25)4/h9,17-19,21-26,30H,6-8,10-16H2,1-5H3/t19-,21?,22-,23+,24-,25+,26+,27-,28-/m1/s1. The Hall–Kier alpha value is -0.0100. The molecule has 1 radical (unpaired) electrons. The van der Waals surface area contributed by atoms with E-state index in [4.69, 9.17) is 11.6 Å². The van der Waals surface area contributed by atoms with Gasteiger partial charge in [0.1, 0.15) is 0 Å². The van der Waals surface area contributed by atoms with Crippen LogP contribution in [-0.2, 0) is 0 Å². The molecule has 4 rings (SSSR count). The normalized spacial score (nSPS) is 46.7. The van der Waals surface area contributed by atoms with E-state index in [0.717, 1.165) is 48.3 Å². The number of aliphatic hydroxyl groups excluding tert-OH is 1. The van der Waals surface area contributed by atoms with Gasteiger partial charge >= 0.3 is 0 Å². The van der Waals surface area contributed by atoms with Crippen molar-refractivity contribution in [2.24, 2.45) is 52.3 Å². The first kappa shape index (κ1) is 23.2. The Morgan fingerprint density at radius 1 is 1.13 bits per heavy atom. The lowest BCUT2D eigenvalue weighted by Crippen LogP contribution is -2.53. The molecular formula is C28H46ClO. The Balaban J connectivity index is 1.53. The van der Waals surface area contributed by atoms with Crippen molar-refractivity contribution < 1.29 is 5.11 Å². The first-order valence-corrected chi connectivity index (χ1v) is 13.5.